The lowest BCUT2D eigenvalue weighted by Crippen LogP contribution is -2.36. The fourth-order valence-corrected chi connectivity index (χ4v) is 8.89. The number of carbonyl (C=O) groups is 1. The third-order valence-electron chi connectivity index (χ3n) is 9.59. The molecule has 10 nitrogen and oxygen atoms in total. The number of benzene rings is 2. The van der Waals surface area contributed by atoms with Crippen LogP contribution in [0.2, 0.25) is 5.02 Å². The van der Waals surface area contributed by atoms with Gasteiger partial charge in [-0.2, -0.15) is 4.31 Å². The maximum Gasteiger partial charge on any atom is 0.304 e. The molecule has 2 aliphatic carbocycles. The molecule has 0 spiro atoms. The summed E-state index contributed by atoms with van der Waals surface area (Å²) in [4.78, 5) is 16.5. The van der Waals surface area contributed by atoms with Gasteiger partial charge in [0.2, 0.25) is 15.9 Å². The first-order chi connectivity index (χ1) is 21.5. The minimum atomic E-state index is -3.99. The Morgan fingerprint density at radius 1 is 1.20 bits per heavy atom. The van der Waals surface area contributed by atoms with Gasteiger partial charge in [0, 0.05) is 25.7 Å². The number of carboxylic acid groups (broad SMARTS) is 1. The molecule has 0 amide bonds. The normalized spacial score (nSPS) is 20.0. The Labute approximate surface area is 267 Å². The highest BCUT2D eigenvalue weighted by Crippen LogP contribution is 2.46. The summed E-state index contributed by atoms with van der Waals surface area (Å²) >= 11 is 6.19. The molecule has 1 aliphatic heterocycles. The van der Waals surface area contributed by atoms with E-state index >= 15 is 0 Å². The van der Waals surface area contributed by atoms with Gasteiger partial charge in [0.25, 0.3) is 0 Å². The smallest absolute Gasteiger partial charge is 0.304 e. The first-order valence-corrected chi connectivity index (χ1v) is 17.4. The lowest BCUT2D eigenvalue weighted by atomic mass is 9.82. The minimum Gasteiger partial charge on any atom is -0.481 e. The van der Waals surface area contributed by atoms with Crippen LogP contribution in [0.3, 0.4) is 0 Å². The van der Waals surface area contributed by atoms with Gasteiger partial charge in [-0.05, 0) is 96.4 Å². The molecule has 4 aromatic rings. The van der Waals surface area contributed by atoms with Crippen LogP contribution in [-0.2, 0) is 41.3 Å². The average molecular weight is 650 g/mol. The van der Waals surface area contributed by atoms with E-state index in [4.69, 9.17) is 16.3 Å². The zero-order valence-electron chi connectivity index (χ0n) is 25.6. The lowest BCUT2D eigenvalue weighted by molar-refractivity contribution is -0.137. The highest BCUT2D eigenvalue weighted by atomic mass is 35.5. The third kappa shape index (κ3) is 5.38. The number of halogens is 1. The third-order valence-corrected chi connectivity index (χ3v) is 11.6. The molecule has 1 N–H and O–H groups in total. The second-order valence-corrected chi connectivity index (χ2v) is 14.9. The second-order valence-electron chi connectivity index (χ2n) is 12.6. The largest absolute Gasteiger partial charge is 0.481 e. The molecule has 1 saturated carbocycles. The monoisotopic (exact) mass is 649 g/mol. The number of sulfonamides is 1. The van der Waals surface area contributed by atoms with Crippen LogP contribution in [0, 0.1) is 6.92 Å². The molecule has 7 rings (SSSR count). The zero-order valence-corrected chi connectivity index (χ0v) is 27.2. The molecule has 236 valence electrons. The Kier molecular flexibility index (Phi) is 7.61. The predicted molar refractivity (Wildman–Crippen MR) is 169 cm³/mol. The minimum absolute atomic E-state index is 0.0389. The summed E-state index contributed by atoms with van der Waals surface area (Å²) < 4.78 is 37.4. The molecule has 0 bridgehead atoms. The van der Waals surface area contributed by atoms with Gasteiger partial charge in [0.1, 0.15) is 16.5 Å². The fraction of sp³-hybridized carbons (Fsp3) is 0.455. The van der Waals surface area contributed by atoms with Crippen LogP contribution in [0.5, 0.6) is 5.88 Å². The molecule has 2 atom stereocenters. The van der Waals surface area contributed by atoms with Crippen LogP contribution in [0.1, 0.15) is 89.8 Å². The number of aryl methyl sites for hydroxylation is 3. The number of ether oxygens (including phenoxy) is 1. The molecule has 45 heavy (non-hydrogen) atoms. The van der Waals surface area contributed by atoms with E-state index in [0.717, 1.165) is 76.5 Å². The molecule has 0 unspecified atom stereocenters. The Bertz CT molecular complexity index is 1950. The highest BCUT2D eigenvalue weighted by Gasteiger charge is 2.37. The number of fused-ring (bicyclic) bond motifs is 3. The van der Waals surface area contributed by atoms with Gasteiger partial charge in [0.05, 0.1) is 23.5 Å². The molecular weight excluding hydrogens is 614 g/mol. The zero-order chi connectivity index (χ0) is 31.6. The SMILES string of the molecule is CC[C@@H]1CN(Cc2cc([C@@H](CC(=O)O)c3cc(C4CC4)c4c(nnn4C)c3C)cc3c2CCC3)S(=O)(=O)c2cc(Cl)cnc2O1. The summed E-state index contributed by atoms with van der Waals surface area (Å²) in [6.07, 6.45) is 6.36. The standard InChI is InChI=1S/C33H36ClN5O5S/c1-4-24-17-39(45(42,43)29-12-23(34)15-35-33(29)44-24)16-22-11-21(10-20-6-5-7-25(20)22)27(14-30(40)41)26-13-28(19-8-9-19)32-31(18(26)2)36-37-38(32)3/h10-13,15,19,24,27H,4-9,14,16-17H2,1-3H3,(H,40,41)/t24-,27-/m1/s1. The van der Waals surface area contributed by atoms with Gasteiger partial charge in [-0.3, -0.25) is 4.79 Å². The maximum atomic E-state index is 14.1. The quantitative estimate of drug-likeness (QED) is 0.259. The van der Waals surface area contributed by atoms with E-state index < -0.39 is 21.9 Å². The number of rotatable bonds is 8. The van der Waals surface area contributed by atoms with E-state index in [1.165, 1.54) is 22.1 Å². The lowest BCUT2D eigenvalue weighted by Gasteiger charge is -2.26. The van der Waals surface area contributed by atoms with E-state index in [-0.39, 0.29) is 41.4 Å². The van der Waals surface area contributed by atoms with E-state index in [1.807, 2.05) is 31.6 Å². The van der Waals surface area contributed by atoms with Crippen molar-refractivity contribution in [2.45, 2.75) is 88.2 Å². The predicted octanol–water partition coefficient (Wildman–Crippen LogP) is 5.66. The van der Waals surface area contributed by atoms with Gasteiger partial charge < -0.3 is 9.84 Å². The van der Waals surface area contributed by atoms with Crippen LogP contribution in [0.15, 0.2) is 35.4 Å². The van der Waals surface area contributed by atoms with Crippen molar-refractivity contribution < 1.29 is 23.1 Å². The second kappa shape index (κ2) is 11.4. The summed E-state index contributed by atoms with van der Waals surface area (Å²) in [5, 5.41) is 19.2. The van der Waals surface area contributed by atoms with Crippen LogP contribution < -0.4 is 4.74 Å². The Hall–Kier alpha value is -3.54. The van der Waals surface area contributed by atoms with E-state index in [2.05, 4.69) is 27.4 Å². The molecule has 3 heterocycles. The van der Waals surface area contributed by atoms with Gasteiger partial charge in [-0.1, -0.05) is 41.9 Å². The van der Waals surface area contributed by atoms with Crippen molar-refractivity contribution >= 4 is 38.6 Å². The van der Waals surface area contributed by atoms with E-state index in [1.54, 1.807) is 0 Å². The van der Waals surface area contributed by atoms with Gasteiger partial charge >= 0.3 is 5.97 Å². The van der Waals surface area contributed by atoms with Crippen LogP contribution in [0.4, 0.5) is 0 Å². The number of carboxylic acids is 1. The first-order valence-electron chi connectivity index (χ1n) is 15.6. The molecule has 2 aromatic heterocycles. The topological polar surface area (TPSA) is 128 Å². The Morgan fingerprint density at radius 2 is 2.00 bits per heavy atom. The fourth-order valence-electron chi connectivity index (χ4n) is 7.12. The summed E-state index contributed by atoms with van der Waals surface area (Å²) in [5.74, 6) is -0.853. The highest BCUT2D eigenvalue weighted by molar-refractivity contribution is 7.89. The van der Waals surface area contributed by atoms with Crippen molar-refractivity contribution in [3.8, 4) is 5.88 Å². The summed E-state index contributed by atoms with van der Waals surface area (Å²) in [6.45, 7) is 4.26. The van der Waals surface area contributed by atoms with Gasteiger partial charge in [-0.25, -0.2) is 18.1 Å². The first kappa shape index (κ1) is 30.1. The maximum absolute atomic E-state index is 14.1. The number of hydrogen-bond acceptors (Lipinski definition) is 7. The molecular formula is C33H36ClN5O5S. The van der Waals surface area contributed by atoms with Crippen molar-refractivity contribution in [2.24, 2.45) is 7.05 Å². The van der Waals surface area contributed by atoms with Crippen molar-refractivity contribution in [3.05, 3.63) is 74.4 Å². The van der Waals surface area contributed by atoms with Crippen LogP contribution in [0.25, 0.3) is 11.0 Å². The van der Waals surface area contributed by atoms with Crippen molar-refractivity contribution in [1.82, 2.24) is 24.3 Å². The van der Waals surface area contributed by atoms with E-state index in [0.29, 0.717) is 12.3 Å². The molecule has 2 aromatic carbocycles. The number of aliphatic carboxylic acids is 1. The molecule has 3 aliphatic rings. The van der Waals surface area contributed by atoms with Crippen molar-refractivity contribution in [1.29, 1.82) is 0 Å². The number of pyridine rings is 1. The molecule has 0 saturated heterocycles. The molecule has 1 fully saturated rings. The summed E-state index contributed by atoms with van der Waals surface area (Å²) in [5.41, 5.74) is 8.92. The van der Waals surface area contributed by atoms with Gasteiger partial charge in [0.15, 0.2) is 0 Å². The van der Waals surface area contributed by atoms with Crippen LogP contribution >= 0.6 is 11.6 Å². The Morgan fingerprint density at radius 3 is 2.73 bits per heavy atom. The number of nitrogens with zero attached hydrogens (tertiary/aromatic N) is 5. The Balaban J connectivity index is 1.35. The van der Waals surface area contributed by atoms with Crippen molar-refractivity contribution in [2.75, 3.05) is 6.54 Å². The van der Waals surface area contributed by atoms with E-state index in [9.17, 15) is 18.3 Å². The van der Waals surface area contributed by atoms with Crippen LogP contribution in [-0.4, -0.2) is 56.4 Å². The number of aromatic nitrogens is 4. The average Bonchev–Trinajstić information content (AvgIpc) is 3.63. The molecule has 12 heteroatoms. The molecule has 0 radical (unpaired) electrons. The summed E-state index contributed by atoms with van der Waals surface area (Å²) in [6, 6.07) is 7.75. The number of hydrogen-bond donors (Lipinski definition) is 1. The van der Waals surface area contributed by atoms with Gasteiger partial charge in [-0.15, -0.1) is 5.10 Å². The van der Waals surface area contributed by atoms with Crippen molar-refractivity contribution in [3.63, 3.8) is 0 Å². The summed E-state index contributed by atoms with van der Waals surface area (Å²) in [7, 11) is -2.09.